The Kier molecular flexibility index (Phi) is 9.39. The molecule has 0 unspecified atom stereocenters. The third-order valence-corrected chi connectivity index (χ3v) is 4.12. The summed E-state index contributed by atoms with van der Waals surface area (Å²) in [6.45, 7) is 7.12. The van der Waals surface area contributed by atoms with Crippen LogP contribution < -0.4 is 10.6 Å². The number of hydrogen-bond acceptors (Lipinski definition) is 6. The van der Waals surface area contributed by atoms with Gasteiger partial charge in [-0.25, -0.2) is 9.59 Å². The standard InChI is InChI=1S/C24H24N2O6/c1-3-15-25-21(27)19(31-23(29)17-11-7-5-8-12-17)20(22(28)26-16-4-2)32-24(30)18-13-9-6-10-14-18/h3-14,19-20H,1-2,15-16H2,(H,25,27)(H,26,28)/t19-,20-/m1/s1. The summed E-state index contributed by atoms with van der Waals surface area (Å²) in [6, 6.07) is 15.8. The van der Waals surface area contributed by atoms with Crippen LogP contribution in [0.3, 0.4) is 0 Å². The van der Waals surface area contributed by atoms with Gasteiger partial charge in [-0.1, -0.05) is 48.6 Å². The Morgan fingerprint density at radius 1 is 0.688 bits per heavy atom. The van der Waals surface area contributed by atoms with E-state index in [4.69, 9.17) is 9.47 Å². The maximum absolute atomic E-state index is 12.8. The number of amides is 2. The zero-order chi connectivity index (χ0) is 23.3. The van der Waals surface area contributed by atoms with E-state index in [1.165, 1.54) is 36.4 Å². The molecule has 0 bridgehead atoms. The van der Waals surface area contributed by atoms with Crippen LogP contribution in [-0.2, 0) is 19.1 Å². The molecule has 8 nitrogen and oxygen atoms in total. The second-order valence-electron chi connectivity index (χ2n) is 6.45. The first-order valence-electron chi connectivity index (χ1n) is 9.77. The van der Waals surface area contributed by atoms with Crippen LogP contribution in [0.4, 0.5) is 0 Å². The lowest BCUT2D eigenvalue weighted by Crippen LogP contribution is -2.53. The summed E-state index contributed by atoms with van der Waals surface area (Å²) in [6.07, 6.45) is -0.673. The first-order valence-corrected chi connectivity index (χ1v) is 9.77. The minimum atomic E-state index is -1.75. The SMILES string of the molecule is C=CCNC(=O)[C@H](OC(=O)c1ccccc1)[C@@H](OC(=O)c1ccccc1)C(=O)NCC=C. The van der Waals surface area contributed by atoms with Crippen molar-refractivity contribution in [2.75, 3.05) is 13.1 Å². The number of ether oxygens (including phenoxy) is 2. The quantitative estimate of drug-likeness (QED) is 0.412. The molecule has 0 aliphatic carbocycles. The van der Waals surface area contributed by atoms with Crippen molar-refractivity contribution in [3.8, 4) is 0 Å². The monoisotopic (exact) mass is 436 g/mol. The molecule has 0 saturated heterocycles. The molecule has 0 heterocycles. The van der Waals surface area contributed by atoms with Crippen molar-refractivity contribution >= 4 is 23.8 Å². The second-order valence-corrected chi connectivity index (χ2v) is 6.45. The smallest absolute Gasteiger partial charge is 0.339 e. The molecule has 8 heteroatoms. The molecule has 2 atom stereocenters. The second kappa shape index (κ2) is 12.5. The van der Waals surface area contributed by atoms with Gasteiger partial charge in [-0.15, -0.1) is 13.2 Å². The summed E-state index contributed by atoms with van der Waals surface area (Å²) in [5, 5.41) is 4.94. The molecule has 0 aliphatic rings. The van der Waals surface area contributed by atoms with Crippen LogP contribution >= 0.6 is 0 Å². The van der Waals surface area contributed by atoms with Crippen molar-refractivity contribution in [3.63, 3.8) is 0 Å². The fourth-order valence-corrected chi connectivity index (χ4v) is 2.57. The number of rotatable bonds is 11. The molecule has 2 amide bonds. The largest absolute Gasteiger partial charge is 0.444 e. The van der Waals surface area contributed by atoms with E-state index in [9.17, 15) is 19.2 Å². The van der Waals surface area contributed by atoms with Crippen molar-refractivity contribution in [2.24, 2.45) is 0 Å². The van der Waals surface area contributed by atoms with Gasteiger partial charge in [0.15, 0.2) is 0 Å². The van der Waals surface area contributed by atoms with Gasteiger partial charge in [-0.05, 0) is 24.3 Å². The lowest BCUT2D eigenvalue weighted by atomic mass is 10.1. The molecule has 0 aliphatic heterocycles. The highest BCUT2D eigenvalue weighted by atomic mass is 16.6. The van der Waals surface area contributed by atoms with Gasteiger partial charge in [-0.3, -0.25) is 9.59 Å². The molecule has 166 valence electrons. The van der Waals surface area contributed by atoms with E-state index >= 15 is 0 Å². The molecule has 0 fully saturated rings. The minimum Gasteiger partial charge on any atom is -0.444 e. The van der Waals surface area contributed by atoms with E-state index in [0.29, 0.717) is 0 Å². The predicted octanol–water partition coefficient (Wildman–Crippen LogP) is 2.04. The Hall–Kier alpha value is -4.20. The molecular weight excluding hydrogens is 412 g/mol. The number of carbonyl (C=O) groups is 4. The number of benzene rings is 2. The highest BCUT2D eigenvalue weighted by molar-refractivity contribution is 5.98. The van der Waals surface area contributed by atoms with Gasteiger partial charge in [0.25, 0.3) is 11.8 Å². The van der Waals surface area contributed by atoms with Crippen LogP contribution in [-0.4, -0.2) is 49.1 Å². The predicted molar refractivity (Wildman–Crippen MR) is 118 cm³/mol. The minimum absolute atomic E-state index is 0.0475. The number of carbonyl (C=O) groups excluding carboxylic acids is 4. The molecule has 0 aromatic heterocycles. The summed E-state index contributed by atoms with van der Waals surface area (Å²) in [5.74, 6) is -3.37. The van der Waals surface area contributed by atoms with Gasteiger partial charge >= 0.3 is 11.9 Å². The van der Waals surface area contributed by atoms with Crippen molar-refractivity contribution in [1.29, 1.82) is 0 Å². The summed E-state index contributed by atoms with van der Waals surface area (Å²) < 4.78 is 10.7. The van der Waals surface area contributed by atoms with Crippen LogP contribution in [0.25, 0.3) is 0 Å². The fourth-order valence-electron chi connectivity index (χ4n) is 2.57. The van der Waals surface area contributed by atoms with Gasteiger partial charge < -0.3 is 20.1 Å². The van der Waals surface area contributed by atoms with E-state index in [2.05, 4.69) is 23.8 Å². The Bertz CT molecular complexity index is 879. The van der Waals surface area contributed by atoms with Crippen LogP contribution in [0.1, 0.15) is 20.7 Å². The molecule has 0 saturated carbocycles. The number of esters is 2. The summed E-state index contributed by atoms with van der Waals surface area (Å²) in [7, 11) is 0. The molecule has 2 aromatic rings. The lowest BCUT2D eigenvalue weighted by Gasteiger charge is -2.25. The lowest BCUT2D eigenvalue weighted by molar-refractivity contribution is -0.147. The Morgan fingerprint density at radius 2 is 1.03 bits per heavy atom. The van der Waals surface area contributed by atoms with Crippen molar-refractivity contribution < 1.29 is 28.7 Å². The maximum atomic E-state index is 12.8. The van der Waals surface area contributed by atoms with Crippen molar-refractivity contribution in [3.05, 3.63) is 97.1 Å². The van der Waals surface area contributed by atoms with Crippen LogP contribution in [0.2, 0.25) is 0 Å². The van der Waals surface area contributed by atoms with E-state index < -0.39 is 36.0 Å². The highest BCUT2D eigenvalue weighted by Gasteiger charge is 2.40. The summed E-state index contributed by atoms with van der Waals surface area (Å²) in [4.78, 5) is 50.8. The molecule has 2 aromatic carbocycles. The maximum Gasteiger partial charge on any atom is 0.339 e. The fraction of sp³-hybridized carbons (Fsp3) is 0.167. The topological polar surface area (TPSA) is 111 Å². The first-order chi connectivity index (χ1) is 15.5. The van der Waals surface area contributed by atoms with Crippen molar-refractivity contribution in [2.45, 2.75) is 12.2 Å². The van der Waals surface area contributed by atoms with Gasteiger partial charge in [0, 0.05) is 13.1 Å². The van der Waals surface area contributed by atoms with Gasteiger partial charge in [0.1, 0.15) is 0 Å². The van der Waals surface area contributed by atoms with E-state index in [1.54, 1.807) is 36.4 Å². The molecule has 32 heavy (non-hydrogen) atoms. The average molecular weight is 436 g/mol. The summed E-state index contributed by atoms with van der Waals surface area (Å²) in [5.41, 5.74) is 0.322. The van der Waals surface area contributed by atoms with Crippen LogP contribution in [0.15, 0.2) is 86.0 Å². The Labute approximate surface area is 185 Å². The van der Waals surface area contributed by atoms with E-state index in [0.717, 1.165) is 0 Å². The van der Waals surface area contributed by atoms with Crippen LogP contribution in [0, 0.1) is 0 Å². The Balaban J connectivity index is 2.36. The molecule has 0 radical (unpaired) electrons. The third kappa shape index (κ3) is 6.94. The number of nitrogens with one attached hydrogen (secondary N) is 2. The molecule has 2 rings (SSSR count). The van der Waals surface area contributed by atoms with Gasteiger partial charge in [0.05, 0.1) is 11.1 Å². The zero-order valence-corrected chi connectivity index (χ0v) is 17.4. The average Bonchev–Trinajstić information content (AvgIpc) is 2.83. The third-order valence-electron chi connectivity index (χ3n) is 4.12. The molecular formula is C24H24N2O6. The number of hydrogen-bond donors (Lipinski definition) is 2. The van der Waals surface area contributed by atoms with Crippen LogP contribution in [0.5, 0.6) is 0 Å². The summed E-state index contributed by atoms with van der Waals surface area (Å²) >= 11 is 0. The Morgan fingerprint density at radius 3 is 1.34 bits per heavy atom. The van der Waals surface area contributed by atoms with E-state index in [1.807, 2.05) is 0 Å². The zero-order valence-electron chi connectivity index (χ0n) is 17.4. The highest BCUT2D eigenvalue weighted by Crippen LogP contribution is 2.13. The normalized spacial score (nSPS) is 11.9. The molecule has 0 spiro atoms. The first kappa shape index (κ1) is 24.1. The van der Waals surface area contributed by atoms with E-state index in [-0.39, 0.29) is 24.2 Å². The van der Waals surface area contributed by atoms with Gasteiger partial charge in [-0.2, -0.15) is 0 Å². The van der Waals surface area contributed by atoms with Gasteiger partial charge in [0.2, 0.25) is 12.2 Å². The van der Waals surface area contributed by atoms with Crippen molar-refractivity contribution in [1.82, 2.24) is 10.6 Å². The molecule has 2 N–H and O–H groups in total.